The number of rotatable bonds is 9. The monoisotopic (exact) mass is 429 g/mol. The molecule has 0 spiro atoms. The topological polar surface area (TPSA) is 90.9 Å². The number of methoxy groups -OCH3 is 4. The van der Waals surface area contributed by atoms with E-state index in [1.54, 1.807) is 39.5 Å². The molecule has 0 fully saturated rings. The van der Waals surface area contributed by atoms with E-state index in [2.05, 4.69) is 15.6 Å². The van der Waals surface area contributed by atoms with E-state index in [1.165, 1.54) is 18.4 Å². The van der Waals surface area contributed by atoms with Crippen molar-refractivity contribution < 1.29 is 23.7 Å². The van der Waals surface area contributed by atoms with Crippen molar-refractivity contribution in [2.24, 2.45) is 0 Å². The van der Waals surface area contributed by atoms with E-state index < -0.39 is 0 Å². The number of thiazole rings is 1. The lowest BCUT2D eigenvalue weighted by Crippen LogP contribution is -2.15. The Morgan fingerprint density at radius 1 is 0.900 bits per heavy atom. The lowest BCUT2D eigenvalue weighted by Gasteiger charge is -2.11. The van der Waals surface area contributed by atoms with E-state index in [-0.39, 0.29) is 12.3 Å². The predicted molar refractivity (Wildman–Crippen MR) is 117 cm³/mol. The van der Waals surface area contributed by atoms with Gasteiger partial charge in [0.2, 0.25) is 5.91 Å². The van der Waals surface area contributed by atoms with Gasteiger partial charge in [-0.2, -0.15) is 0 Å². The van der Waals surface area contributed by atoms with Crippen LogP contribution in [0.4, 0.5) is 16.5 Å². The standard InChI is InChI=1S/C21H23N3O5S/c1-26-14-6-8-18(28-3)17(10-14)24-21-22-13(12-30-21)9-20(25)23-16-7-5-15(27-2)11-19(16)29-4/h5-8,10-12H,9H2,1-4H3,(H,22,24)(H,23,25). The minimum absolute atomic E-state index is 0.128. The summed E-state index contributed by atoms with van der Waals surface area (Å²) in [5, 5.41) is 8.53. The molecule has 0 unspecified atom stereocenters. The zero-order valence-electron chi connectivity index (χ0n) is 17.1. The maximum atomic E-state index is 12.5. The molecule has 1 heterocycles. The number of aromatic nitrogens is 1. The van der Waals surface area contributed by atoms with Crippen molar-refractivity contribution >= 4 is 33.8 Å². The molecule has 0 radical (unpaired) electrons. The molecule has 0 saturated carbocycles. The molecule has 1 aromatic heterocycles. The molecule has 2 aromatic carbocycles. The Morgan fingerprint density at radius 2 is 1.60 bits per heavy atom. The maximum Gasteiger partial charge on any atom is 0.230 e. The fourth-order valence-electron chi connectivity index (χ4n) is 2.73. The third-order valence-corrected chi connectivity index (χ3v) is 5.03. The molecule has 30 heavy (non-hydrogen) atoms. The van der Waals surface area contributed by atoms with Crippen LogP contribution in [0.3, 0.4) is 0 Å². The van der Waals surface area contributed by atoms with E-state index in [1.807, 2.05) is 23.6 Å². The van der Waals surface area contributed by atoms with Crippen LogP contribution < -0.4 is 29.6 Å². The molecule has 9 heteroatoms. The number of hydrogen-bond acceptors (Lipinski definition) is 8. The number of anilines is 3. The van der Waals surface area contributed by atoms with Crippen LogP contribution in [0.15, 0.2) is 41.8 Å². The third kappa shape index (κ3) is 5.12. The molecular weight excluding hydrogens is 406 g/mol. The number of nitrogens with zero attached hydrogens (tertiary/aromatic N) is 1. The highest BCUT2D eigenvalue weighted by Gasteiger charge is 2.13. The van der Waals surface area contributed by atoms with Gasteiger partial charge >= 0.3 is 0 Å². The summed E-state index contributed by atoms with van der Waals surface area (Å²) >= 11 is 1.40. The SMILES string of the molecule is COc1ccc(OC)c(Nc2nc(CC(=O)Nc3ccc(OC)cc3OC)cs2)c1. The average Bonchev–Trinajstić information content (AvgIpc) is 3.20. The zero-order valence-corrected chi connectivity index (χ0v) is 18.0. The number of carbonyl (C=O) groups is 1. The number of amides is 1. The lowest BCUT2D eigenvalue weighted by atomic mass is 10.2. The molecule has 0 aliphatic carbocycles. The van der Waals surface area contributed by atoms with E-state index >= 15 is 0 Å². The first-order chi connectivity index (χ1) is 14.6. The van der Waals surface area contributed by atoms with Gasteiger partial charge in [0.1, 0.15) is 23.0 Å². The van der Waals surface area contributed by atoms with Crippen LogP contribution in [0.1, 0.15) is 5.69 Å². The zero-order chi connectivity index (χ0) is 21.5. The van der Waals surface area contributed by atoms with Gasteiger partial charge in [0, 0.05) is 17.5 Å². The Kier molecular flexibility index (Phi) is 6.97. The largest absolute Gasteiger partial charge is 0.497 e. The van der Waals surface area contributed by atoms with Gasteiger partial charge in [-0.05, 0) is 24.3 Å². The molecule has 1 amide bonds. The van der Waals surface area contributed by atoms with Gasteiger partial charge in [0.25, 0.3) is 0 Å². The van der Waals surface area contributed by atoms with Gasteiger partial charge in [0.05, 0.1) is 51.9 Å². The van der Waals surface area contributed by atoms with Crippen LogP contribution >= 0.6 is 11.3 Å². The Labute approximate surface area is 178 Å². The second kappa shape index (κ2) is 9.84. The highest BCUT2D eigenvalue weighted by atomic mass is 32.1. The molecule has 3 aromatic rings. The summed E-state index contributed by atoms with van der Waals surface area (Å²) in [4.78, 5) is 17.0. The van der Waals surface area contributed by atoms with Crippen LogP contribution in [-0.2, 0) is 11.2 Å². The molecule has 3 rings (SSSR count). The highest BCUT2D eigenvalue weighted by molar-refractivity contribution is 7.13. The van der Waals surface area contributed by atoms with E-state index in [4.69, 9.17) is 18.9 Å². The maximum absolute atomic E-state index is 12.5. The molecular formula is C21H23N3O5S. The number of ether oxygens (including phenoxy) is 4. The van der Waals surface area contributed by atoms with Crippen molar-refractivity contribution in [2.75, 3.05) is 39.1 Å². The molecule has 2 N–H and O–H groups in total. The van der Waals surface area contributed by atoms with Gasteiger partial charge in [0.15, 0.2) is 5.13 Å². The minimum Gasteiger partial charge on any atom is -0.497 e. The van der Waals surface area contributed by atoms with E-state index in [0.29, 0.717) is 39.5 Å². The fraction of sp³-hybridized carbons (Fsp3) is 0.238. The van der Waals surface area contributed by atoms with Crippen molar-refractivity contribution in [3.63, 3.8) is 0 Å². The Morgan fingerprint density at radius 3 is 2.30 bits per heavy atom. The Balaban J connectivity index is 1.67. The van der Waals surface area contributed by atoms with Gasteiger partial charge in [-0.3, -0.25) is 4.79 Å². The van der Waals surface area contributed by atoms with Crippen molar-refractivity contribution in [1.29, 1.82) is 0 Å². The smallest absolute Gasteiger partial charge is 0.230 e. The molecule has 158 valence electrons. The van der Waals surface area contributed by atoms with Crippen molar-refractivity contribution in [1.82, 2.24) is 4.98 Å². The lowest BCUT2D eigenvalue weighted by molar-refractivity contribution is -0.115. The van der Waals surface area contributed by atoms with E-state index in [0.717, 1.165) is 5.69 Å². The van der Waals surface area contributed by atoms with Crippen LogP contribution in [0.5, 0.6) is 23.0 Å². The summed E-state index contributed by atoms with van der Waals surface area (Å²) in [6, 6.07) is 10.6. The summed E-state index contributed by atoms with van der Waals surface area (Å²) in [5.41, 5.74) is 1.94. The molecule has 8 nitrogen and oxygen atoms in total. The van der Waals surface area contributed by atoms with Gasteiger partial charge in [-0.15, -0.1) is 11.3 Å². The van der Waals surface area contributed by atoms with Crippen LogP contribution in [0.2, 0.25) is 0 Å². The summed E-state index contributed by atoms with van der Waals surface area (Å²) in [6.45, 7) is 0. The molecule has 0 atom stereocenters. The molecule has 0 aliphatic heterocycles. The average molecular weight is 429 g/mol. The van der Waals surface area contributed by atoms with Gasteiger partial charge in [-0.1, -0.05) is 0 Å². The second-order valence-corrected chi connectivity index (χ2v) is 6.98. The molecule has 0 bridgehead atoms. The van der Waals surface area contributed by atoms with Crippen molar-refractivity contribution in [3.8, 4) is 23.0 Å². The van der Waals surface area contributed by atoms with Gasteiger partial charge < -0.3 is 29.6 Å². The summed E-state index contributed by atoms with van der Waals surface area (Å²) in [6.07, 6.45) is 0.128. The molecule has 0 saturated heterocycles. The predicted octanol–water partition coefficient (Wildman–Crippen LogP) is 4.10. The summed E-state index contributed by atoms with van der Waals surface area (Å²) in [5.74, 6) is 2.33. The second-order valence-electron chi connectivity index (χ2n) is 6.13. The first kappa shape index (κ1) is 21.3. The molecule has 0 aliphatic rings. The van der Waals surface area contributed by atoms with Crippen LogP contribution in [0, 0.1) is 0 Å². The quantitative estimate of drug-likeness (QED) is 0.529. The normalized spacial score (nSPS) is 10.3. The number of carbonyl (C=O) groups excluding carboxylic acids is 1. The highest BCUT2D eigenvalue weighted by Crippen LogP contribution is 2.33. The first-order valence-corrected chi connectivity index (χ1v) is 9.89. The van der Waals surface area contributed by atoms with Crippen molar-refractivity contribution in [3.05, 3.63) is 47.5 Å². The van der Waals surface area contributed by atoms with Crippen molar-refractivity contribution in [2.45, 2.75) is 6.42 Å². The summed E-state index contributed by atoms with van der Waals surface area (Å²) < 4.78 is 21.1. The Hall–Kier alpha value is -3.46. The Bertz CT molecular complexity index is 1020. The summed E-state index contributed by atoms with van der Waals surface area (Å²) in [7, 11) is 6.30. The van der Waals surface area contributed by atoms with E-state index in [9.17, 15) is 4.79 Å². The number of benzene rings is 2. The first-order valence-electron chi connectivity index (χ1n) is 9.01. The van der Waals surface area contributed by atoms with Crippen LogP contribution in [-0.4, -0.2) is 39.3 Å². The van der Waals surface area contributed by atoms with Crippen LogP contribution in [0.25, 0.3) is 0 Å². The third-order valence-electron chi connectivity index (χ3n) is 4.22. The fourth-order valence-corrected chi connectivity index (χ4v) is 3.46. The van der Waals surface area contributed by atoms with Gasteiger partial charge in [-0.25, -0.2) is 4.98 Å². The number of nitrogens with one attached hydrogen (secondary N) is 2. The minimum atomic E-state index is -0.200. The number of hydrogen-bond donors (Lipinski definition) is 2.